The highest BCUT2D eigenvalue weighted by atomic mass is 16.6. The van der Waals surface area contributed by atoms with E-state index in [1.54, 1.807) is 6.92 Å². The Bertz CT molecular complexity index is 82.1. The summed E-state index contributed by atoms with van der Waals surface area (Å²) in [4.78, 5) is 8.65. The van der Waals surface area contributed by atoms with Crippen LogP contribution in [0.25, 0.3) is 0 Å². The van der Waals surface area contributed by atoms with Crippen LogP contribution in [-0.2, 0) is 9.68 Å². The highest BCUT2D eigenvalue weighted by molar-refractivity contribution is 5.82. The van der Waals surface area contributed by atoms with Crippen LogP contribution >= 0.6 is 0 Å². The van der Waals surface area contributed by atoms with Gasteiger partial charge in [-0.25, -0.2) is 5.90 Å². The van der Waals surface area contributed by atoms with Crippen LogP contribution < -0.4 is 5.90 Å². The van der Waals surface area contributed by atoms with Gasteiger partial charge in [-0.3, -0.25) is 4.84 Å². The molecule has 0 aromatic carbocycles. The third-order valence-electron chi connectivity index (χ3n) is 0.539. The normalized spacial score (nSPS) is 11.6. The molecule has 0 heterocycles. The summed E-state index contributed by atoms with van der Waals surface area (Å²) in [6.45, 7) is 2.07. The van der Waals surface area contributed by atoms with Gasteiger partial charge >= 0.3 is 0 Å². The van der Waals surface area contributed by atoms with Gasteiger partial charge in [-0.05, 0) is 6.92 Å². The molecule has 0 rings (SSSR count). The van der Waals surface area contributed by atoms with Crippen molar-refractivity contribution in [3.05, 3.63) is 0 Å². The fourth-order valence-electron chi connectivity index (χ4n) is 0.303. The van der Waals surface area contributed by atoms with Gasteiger partial charge in [-0.1, -0.05) is 5.16 Å². The molecule has 0 aliphatic carbocycles. The Morgan fingerprint density at radius 2 is 2.38 bits per heavy atom. The smallest absolute Gasteiger partial charge is 0.109 e. The van der Waals surface area contributed by atoms with Crippen LogP contribution in [0.3, 0.4) is 0 Å². The number of hydrogen-bond acceptors (Lipinski definition) is 4. The molecule has 0 aromatic heterocycles. The van der Waals surface area contributed by atoms with Crippen LogP contribution in [0.15, 0.2) is 5.16 Å². The van der Waals surface area contributed by atoms with Gasteiger partial charge in [0.25, 0.3) is 0 Å². The van der Waals surface area contributed by atoms with E-state index < -0.39 is 0 Å². The maximum atomic E-state index is 4.72. The van der Waals surface area contributed by atoms with Crippen LogP contribution in [0.2, 0.25) is 0 Å². The van der Waals surface area contributed by atoms with Gasteiger partial charge in [0.2, 0.25) is 0 Å². The molecule has 0 unspecified atom stereocenters. The van der Waals surface area contributed by atoms with Gasteiger partial charge in [0, 0.05) is 0 Å². The summed E-state index contributed by atoms with van der Waals surface area (Å²) in [5, 5.41) is 3.53. The fourth-order valence-corrected chi connectivity index (χ4v) is 0.303. The third-order valence-corrected chi connectivity index (χ3v) is 0.539. The van der Waals surface area contributed by atoms with Gasteiger partial charge in [-0.2, -0.15) is 0 Å². The van der Waals surface area contributed by atoms with Crippen LogP contribution in [0.5, 0.6) is 0 Å². The molecule has 0 spiro atoms. The van der Waals surface area contributed by atoms with Gasteiger partial charge < -0.3 is 4.84 Å². The van der Waals surface area contributed by atoms with Crippen molar-refractivity contribution in [3.8, 4) is 0 Å². The van der Waals surface area contributed by atoms with E-state index in [1.807, 2.05) is 0 Å². The van der Waals surface area contributed by atoms with Crippen molar-refractivity contribution in [2.24, 2.45) is 11.1 Å². The van der Waals surface area contributed by atoms with E-state index in [9.17, 15) is 0 Å². The number of nitrogens with zero attached hydrogens (tertiary/aromatic N) is 1. The van der Waals surface area contributed by atoms with Gasteiger partial charge in [0.15, 0.2) is 0 Å². The average Bonchev–Trinajstić information content (AvgIpc) is 1.68. The van der Waals surface area contributed by atoms with Gasteiger partial charge in [0.05, 0.1) is 5.71 Å². The van der Waals surface area contributed by atoms with E-state index in [1.165, 1.54) is 7.11 Å². The lowest BCUT2D eigenvalue weighted by molar-refractivity contribution is 0.167. The zero-order chi connectivity index (χ0) is 6.41. The lowest BCUT2D eigenvalue weighted by Crippen LogP contribution is -2.08. The van der Waals surface area contributed by atoms with Crippen LogP contribution in [0.1, 0.15) is 6.92 Å². The van der Waals surface area contributed by atoms with Crippen LogP contribution in [0.4, 0.5) is 0 Å². The number of oxime groups is 1. The Labute approximate surface area is 48.2 Å². The van der Waals surface area contributed by atoms with E-state index in [2.05, 4.69) is 14.8 Å². The maximum Gasteiger partial charge on any atom is 0.109 e. The largest absolute Gasteiger partial charge is 0.399 e. The Balaban J connectivity index is 3.29. The summed E-state index contributed by atoms with van der Waals surface area (Å²) in [6.07, 6.45) is 0. The summed E-state index contributed by atoms with van der Waals surface area (Å²) in [5.74, 6) is 4.72. The predicted octanol–water partition coefficient (Wildman–Crippen LogP) is -0.101. The first-order valence-electron chi connectivity index (χ1n) is 2.19. The van der Waals surface area contributed by atoms with Crippen molar-refractivity contribution < 1.29 is 9.68 Å². The molecule has 0 saturated heterocycles. The van der Waals surface area contributed by atoms with E-state index >= 15 is 0 Å². The second-order valence-corrected chi connectivity index (χ2v) is 1.32. The van der Waals surface area contributed by atoms with E-state index in [0.29, 0.717) is 6.61 Å². The van der Waals surface area contributed by atoms with E-state index in [-0.39, 0.29) is 0 Å². The number of hydrogen-bond donors (Lipinski definition) is 1. The minimum Gasteiger partial charge on any atom is -0.399 e. The topological polar surface area (TPSA) is 56.8 Å². The second kappa shape index (κ2) is 4.55. The standard InChI is InChI=1S/C4H10N2O2/c1-4(3-8-5)6-7-2/h3,5H2,1-2H3. The van der Waals surface area contributed by atoms with Crippen molar-refractivity contribution in [1.29, 1.82) is 0 Å². The highest BCUT2D eigenvalue weighted by Crippen LogP contribution is 1.76. The molecule has 0 amide bonds. The summed E-state index contributed by atoms with van der Waals surface area (Å²) in [7, 11) is 1.47. The van der Waals surface area contributed by atoms with Crippen molar-refractivity contribution in [1.82, 2.24) is 0 Å². The van der Waals surface area contributed by atoms with E-state index in [4.69, 9.17) is 5.90 Å². The minimum atomic E-state index is 0.313. The molecule has 48 valence electrons. The molecule has 0 aromatic rings. The third kappa shape index (κ3) is 3.58. The predicted molar refractivity (Wildman–Crippen MR) is 30.3 cm³/mol. The first kappa shape index (κ1) is 7.39. The average molecular weight is 118 g/mol. The van der Waals surface area contributed by atoms with Crippen molar-refractivity contribution in [2.75, 3.05) is 13.7 Å². The Morgan fingerprint density at radius 3 is 2.75 bits per heavy atom. The zero-order valence-electron chi connectivity index (χ0n) is 5.05. The summed E-state index contributed by atoms with van der Waals surface area (Å²) >= 11 is 0. The van der Waals surface area contributed by atoms with Crippen molar-refractivity contribution in [2.45, 2.75) is 6.92 Å². The molecule has 0 fully saturated rings. The Kier molecular flexibility index (Phi) is 4.20. The molecule has 0 aliphatic heterocycles. The first-order chi connectivity index (χ1) is 3.81. The molecular formula is C4H10N2O2. The molecule has 0 atom stereocenters. The molecule has 4 heteroatoms. The molecule has 8 heavy (non-hydrogen) atoms. The lowest BCUT2D eigenvalue weighted by Gasteiger charge is -1.93. The van der Waals surface area contributed by atoms with Gasteiger partial charge in [0.1, 0.15) is 13.7 Å². The Hall–Kier alpha value is -0.610. The molecular weight excluding hydrogens is 108 g/mol. The fraction of sp³-hybridized carbons (Fsp3) is 0.750. The molecule has 0 aliphatic rings. The molecule has 4 nitrogen and oxygen atoms in total. The highest BCUT2D eigenvalue weighted by Gasteiger charge is 1.86. The molecule has 0 bridgehead atoms. The van der Waals surface area contributed by atoms with E-state index in [0.717, 1.165) is 5.71 Å². The second-order valence-electron chi connectivity index (χ2n) is 1.32. The SMILES string of the molecule is CON=C(C)CON. The van der Waals surface area contributed by atoms with Crippen LogP contribution in [0, 0.1) is 0 Å². The minimum absolute atomic E-state index is 0.313. The number of rotatable bonds is 3. The molecule has 2 N–H and O–H groups in total. The maximum absolute atomic E-state index is 4.72. The lowest BCUT2D eigenvalue weighted by atomic mass is 10.5. The monoisotopic (exact) mass is 118 g/mol. The summed E-state index contributed by atoms with van der Waals surface area (Å²) in [6, 6.07) is 0. The summed E-state index contributed by atoms with van der Waals surface area (Å²) < 4.78 is 0. The van der Waals surface area contributed by atoms with Crippen molar-refractivity contribution in [3.63, 3.8) is 0 Å². The number of nitrogens with two attached hydrogens (primary N) is 1. The molecule has 0 saturated carbocycles. The van der Waals surface area contributed by atoms with Crippen molar-refractivity contribution >= 4 is 5.71 Å². The molecule has 0 radical (unpaired) electrons. The zero-order valence-corrected chi connectivity index (χ0v) is 5.05. The Morgan fingerprint density at radius 1 is 1.75 bits per heavy atom. The summed E-state index contributed by atoms with van der Waals surface area (Å²) in [5.41, 5.74) is 0.718. The van der Waals surface area contributed by atoms with Gasteiger partial charge in [-0.15, -0.1) is 0 Å². The quantitative estimate of drug-likeness (QED) is 0.416. The van der Waals surface area contributed by atoms with Crippen LogP contribution in [-0.4, -0.2) is 19.4 Å². The first-order valence-corrected chi connectivity index (χ1v) is 2.19.